The molecule has 2 bridgehead atoms. The van der Waals surface area contributed by atoms with Crippen LogP contribution in [0, 0.1) is 20.2 Å². The fourth-order valence-corrected chi connectivity index (χ4v) is 3.25. The first-order valence-electron chi connectivity index (χ1n) is 6.27. The molecule has 1 aliphatic carbocycles. The number of ether oxygens (including phenoxy) is 1. The van der Waals surface area contributed by atoms with Crippen molar-refractivity contribution in [3.8, 4) is 0 Å². The van der Waals surface area contributed by atoms with Gasteiger partial charge in [-0.05, 0) is 6.08 Å². The number of nitrogens with zero attached hydrogens (tertiary/aromatic N) is 3. The van der Waals surface area contributed by atoms with E-state index in [-0.39, 0.29) is 44.8 Å². The van der Waals surface area contributed by atoms with Crippen LogP contribution in [-0.4, -0.2) is 64.3 Å². The molecule has 1 N–H and O–H groups in total. The van der Waals surface area contributed by atoms with E-state index < -0.39 is 20.9 Å². The van der Waals surface area contributed by atoms with E-state index >= 15 is 0 Å². The number of aliphatic hydroxyl groups is 1. The van der Waals surface area contributed by atoms with Crippen LogP contribution in [0.4, 0.5) is 0 Å². The summed E-state index contributed by atoms with van der Waals surface area (Å²) >= 11 is 0. The molecule has 1 aliphatic heterocycles. The van der Waals surface area contributed by atoms with E-state index in [0.717, 1.165) is 0 Å². The maximum atomic E-state index is 11.5. The molecule has 0 amide bonds. The van der Waals surface area contributed by atoms with E-state index in [2.05, 4.69) is 0 Å². The Morgan fingerprint density at radius 1 is 1.40 bits per heavy atom. The number of hydrogen-bond donors (Lipinski definition) is 1. The summed E-state index contributed by atoms with van der Waals surface area (Å²) in [6.07, 6.45) is 1.38. The highest BCUT2D eigenvalue weighted by Crippen LogP contribution is 2.44. The van der Waals surface area contributed by atoms with Gasteiger partial charge in [0.15, 0.2) is 5.76 Å². The minimum atomic E-state index is -1.60. The third-order valence-electron chi connectivity index (χ3n) is 4.12. The number of β-amino-alcohol motifs (C(OH)–C–C–N with tert-alkyl or cyclic N) is 1. The van der Waals surface area contributed by atoms with Crippen LogP contribution >= 0.6 is 0 Å². The molecular weight excluding hydrogens is 270 g/mol. The lowest BCUT2D eigenvalue weighted by atomic mass is 9.71. The Balaban J connectivity index is 2.49. The second-order valence-corrected chi connectivity index (χ2v) is 5.36. The standard InChI is InChI=1S/C11H17N3O6/c1-20-9-2-3-10(13(16)17)6-11(9,14(18)19)8-12(7-10)4-5-15/h2,15H,3-8H2,1H3/t10-,11-/m0/s1. The van der Waals surface area contributed by atoms with Crippen LogP contribution in [0.15, 0.2) is 11.8 Å². The van der Waals surface area contributed by atoms with Crippen LogP contribution in [0.5, 0.6) is 0 Å². The Morgan fingerprint density at radius 3 is 2.60 bits per heavy atom. The number of nitro groups is 2. The van der Waals surface area contributed by atoms with Crippen LogP contribution in [0.25, 0.3) is 0 Å². The van der Waals surface area contributed by atoms with E-state index in [0.29, 0.717) is 0 Å². The van der Waals surface area contributed by atoms with Gasteiger partial charge < -0.3 is 9.84 Å². The fourth-order valence-electron chi connectivity index (χ4n) is 3.25. The minimum absolute atomic E-state index is 0.00975. The smallest absolute Gasteiger partial charge is 0.296 e. The van der Waals surface area contributed by atoms with Gasteiger partial charge in [-0.15, -0.1) is 0 Å². The zero-order valence-corrected chi connectivity index (χ0v) is 11.2. The summed E-state index contributed by atoms with van der Waals surface area (Å²) in [6, 6.07) is 0. The molecule has 0 aromatic carbocycles. The molecule has 0 saturated carbocycles. The van der Waals surface area contributed by atoms with Crippen molar-refractivity contribution in [1.29, 1.82) is 0 Å². The van der Waals surface area contributed by atoms with E-state index in [1.165, 1.54) is 13.2 Å². The molecule has 9 heteroatoms. The van der Waals surface area contributed by atoms with E-state index in [1.54, 1.807) is 4.90 Å². The number of likely N-dealkylation sites (tertiary alicyclic amines) is 1. The summed E-state index contributed by atoms with van der Waals surface area (Å²) in [4.78, 5) is 23.6. The minimum Gasteiger partial charge on any atom is -0.494 e. The Morgan fingerprint density at radius 2 is 2.10 bits per heavy atom. The lowest BCUT2D eigenvalue weighted by Gasteiger charge is -2.45. The molecule has 0 unspecified atom stereocenters. The number of piperidine rings is 1. The molecule has 2 rings (SSSR count). The molecule has 20 heavy (non-hydrogen) atoms. The zero-order chi connectivity index (χ0) is 15.0. The number of aliphatic hydroxyl groups excluding tert-OH is 1. The van der Waals surface area contributed by atoms with Crippen LogP contribution in [0.1, 0.15) is 12.8 Å². The van der Waals surface area contributed by atoms with Gasteiger partial charge in [-0.25, -0.2) is 0 Å². The Kier molecular flexibility index (Phi) is 3.65. The van der Waals surface area contributed by atoms with Crippen molar-refractivity contribution in [2.24, 2.45) is 0 Å². The van der Waals surface area contributed by atoms with Gasteiger partial charge in [0.05, 0.1) is 33.2 Å². The van der Waals surface area contributed by atoms with Gasteiger partial charge >= 0.3 is 0 Å². The van der Waals surface area contributed by atoms with Crippen LogP contribution < -0.4 is 0 Å². The second kappa shape index (κ2) is 4.98. The quantitative estimate of drug-likeness (QED) is 0.542. The first kappa shape index (κ1) is 14.7. The molecule has 0 aromatic rings. The average Bonchev–Trinajstić information content (AvgIpc) is 2.38. The van der Waals surface area contributed by atoms with Crippen molar-refractivity contribution in [3.05, 3.63) is 32.1 Å². The topological polar surface area (TPSA) is 119 Å². The maximum Gasteiger partial charge on any atom is 0.296 e. The summed E-state index contributed by atoms with van der Waals surface area (Å²) < 4.78 is 5.10. The summed E-state index contributed by atoms with van der Waals surface area (Å²) in [5.41, 5.74) is -2.99. The second-order valence-electron chi connectivity index (χ2n) is 5.36. The first-order valence-corrected chi connectivity index (χ1v) is 6.27. The summed E-state index contributed by atoms with van der Waals surface area (Å²) in [6.45, 7) is 0.0786. The highest BCUT2D eigenvalue weighted by atomic mass is 16.6. The number of methoxy groups -OCH3 is 1. The molecule has 1 saturated heterocycles. The van der Waals surface area contributed by atoms with Crippen molar-refractivity contribution >= 4 is 0 Å². The lowest BCUT2D eigenvalue weighted by Crippen LogP contribution is -2.67. The normalized spacial score (nSPS) is 33.4. The Bertz CT molecular complexity index is 467. The molecular formula is C11H17N3O6. The van der Waals surface area contributed by atoms with E-state index in [1.807, 2.05) is 0 Å². The zero-order valence-electron chi connectivity index (χ0n) is 11.2. The van der Waals surface area contributed by atoms with Crippen molar-refractivity contribution in [3.63, 3.8) is 0 Å². The molecule has 2 aliphatic rings. The van der Waals surface area contributed by atoms with Gasteiger partial charge in [-0.2, -0.15) is 0 Å². The van der Waals surface area contributed by atoms with Gasteiger partial charge in [0.25, 0.3) is 5.54 Å². The molecule has 0 spiro atoms. The molecule has 0 radical (unpaired) electrons. The van der Waals surface area contributed by atoms with Crippen molar-refractivity contribution in [2.75, 3.05) is 33.4 Å². The van der Waals surface area contributed by atoms with Gasteiger partial charge in [-0.1, -0.05) is 0 Å². The molecule has 112 valence electrons. The summed E-state index contributed by atoms with van der Waals surface area (Å²) in [7, 11) is 1.33. The van der Waals surface area contributed by atoms with Crippen LogP contribution in [-0.2, 0) is 4.74 Å². The number of hydrogen-bond acceptors (Lipinski definition) is 7. The van der Waals surface area contributed by atoms with Crippen LogP contribution in [0.3, 0.4) is 0 Å². The molecule has 1 fully saturated rings. The van der Waals surface area contributed by atoms with Gasteiger partial charge in [0.1, 0.15) is 0 Å². The predicted octanol–water partition coefficient (Wildman–Crippen LogP) is -0.351. The molecule has 2 atom stereocenters. The van der Waals surface area contributed by atoms with E-state index in [9.17, 15) is 20.2 Å². The molecule has 9 nitrogen and oxygen atoms in total. The fraction of sp³-hybridized carbons (Fsp3) is 0.818. The number of rotatable bonds is 5. The van der Waals surface area contributed by atoms with Crippen molar-refractivity contribution in [2.45, 2.75) is 23.9 Å². The Labute approximate surface area is 115 Å². The molecule has 0 aromatic heterocycles. The van der Waals surface area contributed by atoms with Crippen molar-refractivity contribution in [1.82, 2.24) is 4.90 Å². The SMILES string of the molecule is COC1=CC[C@@]2([N+](=O)[O-])CN(CCO)C[C@@]1([N+](=O)[O-])C2. The third-order valence-corrected chi connectivity index (χ3v) is 4.12. The monoisotopic (exact) mass is 287 g/mol. The van der Waals surface area contributed by atoms with Crippen molar-refractivity contribution < 1.29 is 19.7 Å². The highest BCUT2D eigenvalue weighted by molar-refractivity contribution is 5.23. The summed E-state index contributed by atoms with van der Waals surface area (Å²) in [5.74, 6) is 0.169. The van der Waals surface area contributed by atoms with Gasteiger partial charge in [-0.3, -0.25) is 25.1 Å². The van der Waals surface area contributed by atoms with Crippen LogP contribution in [0.2, 0.25) is 0 Å². The lowest BCUT2D eigenvalue weighted by molar-refractivity contribution is -0.624. The predicted molar refractivity (Wildman–Crippen MR) is 67.3 cm³/mol. The average molecular weight is 287 g/mol. The number of fused-ring (bicyclic) bond motifs is 2. The first-order chi connectivity index (χ1) is 9.40. The third kappa shape index (κ3) is 2.02. The molecule has 1 heterocycles. The maximum absolute atomic E-state index is 11.5. The largest absolute Gasteiger partial charge is 0.494 e. The van der Waals surface area contributed by atoms with Gasteiger partial charge in [0.2, 0.25) is 5.54 Å². The Hall–Kier alpha value is -1.74. The summed E-state index contributed by atoms with van der Waals surface area (Å²) in [5, 5.41) is 32.0. The van der Waals surface area contributed by atoms with E-state index in [4.69, 9.17) is 9.84 Å². The highest BCUT2D eigenvalue weighted by Gasteiger charge is 2.66. The van der Waals surface area contributed by atoms with Gasteiger partial charge in [0, 0.05) is 22.8 Å².